The van der Waals surface area contributed by atoms with Gasteiger partial charge in [-0.3, -0.25) is 0 Å². The fourth-order valence-corrected chi connectivity index (χ4v) is 3.65. The molecule has 1 aliphatic carbocycles. The Labute approximate surface area is 139 Å². The number of nitrogens with zero attached hydrogens (tertiary/aromatic N) is 2. The van der Waals surface area contributed by atoms with Crippen LogP contribution in [0.15, 0.2) is 27.6 Å². The molecule has 0 unspecified atom stereocenters. The minimum atomic E-state index is -3.84. The molecule has 0 atom stereocenters. The molecule has 1 aliphatic rings. The van der Waals surface area contributed by atoms with Gasteiger partial charge in [0, 0.05) is 16.6 Å². The lowest BCUT2D eigenvalue weighted by molar-refractivity contribution is 0.314. The summed E-state index contributed by atoms with van der Waals surface area (Å²) in [4.78, 5) is 4.41. The molecule has 0 N–H and O–H groups in total. The van der Waals surface area contributed by atoms with Gasteiger partial charge in [0.25, 0.3) is 9.05 Å². The van der Waals surface area contributed by atoms with Gasteiger partial charge in [-0.05, 0) is 31.0 Å². The number of methoxy groups -OCH3 is 1. The summed E-state index contributed by atoms with van der Waals surface area (Å²) in [6, 6.07) is 4.31. The highest BCUT2D eigenvalue weighted by Gasteiger charge is 2.23. The molecular weight excluding hydrogens is 340 g/mol. The van der Waals surface area contributed by atoms with Gasteiger partial charge in [-0.2, -0.15) is 4.98 Å². The average Bonchev–Trinajstić information content (AvgIpc) is 3.04. The van der Waals surface area contributed by atoms with Crippen molar-refractivity contribution in [3.05, 3.63) is 24.1 Å². The van der Waals surface area contributed by atoms with Crippen molar-refractivity contribution in [1.82, 2.24) is 10.1 Å². The highest BCUT2D eigenvalue weighted by molar-refractivity contribution is 8.13. The van der Waals surface area contributed by atoms with Crippen molar-refractivity contribution < 1.29 is 17.7 Å². The van der Waals surface area contributed by atoms with Gasteiger partial charge in [0.2, 0.25) is 11.7 Å². The number of rotatable bonds is 4. The van der Waals surface area contributed by atoms with Crippen LogP contribution in [0.1, 0.15) is 43.9 Å². The van der Waals surface area contributed by atoms with Gasteiger partial charge in [-0.1, -0.05) is 24.4 Å². The second-order valence-electron chi connectivity index (χ2n) is 5.59. The third-order valence-corrected chi connectivity index (χ3v) is 5.44. The third-order valence-electron chi connectivity index (χ3n) is 4.09. The molecule has 1 fully saturated rings. The highest BCUT2D eigenvalue weighted by Crippen LogP contribution is 2.35. The van der Waals surface area contributed by atoms with Crippen molar-refractivity contribution in [3.8, 4) is 17.1 Å². The Hall–Kier alpha value is -1.60. The number of hydrogen-bond donors (Lipinski definition) is 0. The molecule has 8 heteroatoms. The predicted molar refractivity (Wildman–Crippen MR) is 85.2 cm³/mol. The van der Waals surface area contributed by atoms with Crippen LogP contribution in [0.25, 0.3) is 11.4 Å². The first-order chi connectivity index (χ1) is 11.0. The van der Waals surface area contributed by atoms with Crippen LogP contribution in [0.3, 0.4) is 0 Å². The molecular formula is C15H17ClN2O4S. The van der Waals surface area contributed by atoms with Crippen molar-refractivity contribution in [2.45, 2.75) is 42.9 Å². The van der Waals surface area contributed by atoms with Gasteiger partial charge >= 0.3 is 0 Å². The first-order valence-electron chi connectivity index (χ1n) is 7.45. The van der Waals surface area contributed by atoms with Crippen molar-refractivity contribution in [3.63, 3.8) is 0 Å². The van der Waals surface area contributed by atoms with Gasteiger partial charge in [0.05, 0.1) is 17.6 Å². The molecule has 6 nitrogen and oxygen atoms in total. The second-order valence-corrected chi connectivity index (χ2v) is 8.16. The standard InChI is InChI=1S/C15H17ClN2O4S/c1-21-13-8-7-11(23(16,19)20)9-12(13)14-17-15(22-18-14)10-5-3-2-4-6-10/h7-10H,2-6H2,1H3. The lowest BCUT2D eigenvalue weighted by Gasteiger charge is -2.17. The van der Waals surface area contributed by atoms with Crippen molar-refractivity contribution >= 4 is 19.7 Å². The zero-order chi connectivity index (χ0) is 16.4. The fourth-order valence-electron chi connectivity index (χ4n) is 2.87. The van der Waals surface area contributed by atoms with E-state index in [2.05, 4.69) is 10.1 Å². The molecule has 124 valence electrons. The molecule has 2 aromatic rings. The Bertz CT molecular complexity index is 798. The Morgan fingerprint density at radius 2 is 2.00 bits per heavy atom. The highest BCUT2D eigenvalue weighted by atomic mass is 35.7. The summed E-state index contributed by atoms with van der Waals surface area (Å²) in [5, 5.41) is 3.99. The third kappa shape index (κ3) is 3.50. The topological polar surface area (TPSA) is 82.3 Å². The first kappa shape index (κ1) is 16.3. The van der Waals surface area contributed by atoms with Gasteiger partial charge in [-0.15, -0.1) is 0 Å². The van der Waals surface area contributed by atoms with Crippen molar-refractivity contribution in [1.29, 1.82) is 0 Å². The van der Waals surface area contributed by atoms with Crippen LogP contribution in [0.2, 0.25) is 0 Å². The zero-order valence-electron chi connectivity index (χ0n) is 12.7. The number of aromatic nitrogens is 2. The average molecular weight is 357 g/mol. The van der Waals surface area contributed by atoms with Crippen molar-refractivity contribution in [2.24, 2.45) is 0 Å². The lowest BCUT2D eigenvalue weighted by atomic mass is 9.89. The van der Waals surface area contributed by atoms with E-state index in [0.717, 1.165) is 25.7 Å². The molecule has 23 heavy (non-hydrogen) atoms. The summed E-state index contributed by atoms with van der Waals surface area (Å²) < 4.78 is 33.7. The Morgan fingerprint density at radius 1 is 1.26 bits per heavy atom. The van der Waals surface area contributed by atoms with Crippen LogP contribution < -0.4 is 4.74 Å². The van der Waals surface area contributed by atoms with Gasteiger partial charge < -0.3 is 9.26 Å². The molecule has 0 radical (unpaired) electrons. The minimum Gasteiger partial charge on any atom is -0.496 e. The maximum absolute atomic E-state index is 11.5. The summed E-state index contributed by atoms with van der Waals surface area (Å²) in [6.07, 6.45) is 5.63. The van der Waals surface area contributed by atoms with Crippen molar-refractivity contribution in [2.75, 3.05) is 7.11 Å². The largest absolute Gasteiger partial charge is 0.496 e. The van der Waals surface area contributed by atoms with E-state index in [1.807, 2.05) is 0 Å². The normalized spacial score (nSPS) is 16.4. The van der Waals surface area contributed by atoms with Crippen LogP contribution in [-0.4, -0.2) is 25.7 Å². The Kier molecular flexibility index (Phi) is 4.59. The number of hydrogen-bond acceptors (Lipinski definition) is 6. The molecule has 1 aromatic carbocycles. The number of halogens is 1. The maximum atomic E-state index is 11.5. The first-order valence-corrected chi connectivity index (χ1v) is 9.76. The van der Waals surface area contributed by atoms with Gasteiger partial charge in [0.15, 0.2) is 0 Å². The lowest BCUT2D eigenvalue weighted by Crippen LogP contribution is -2.04. The van der Waals surface area contributed by atoms with Gasteiger partial charge in [0.1, 0.15) is 5.75 Å². The smallest absolute Gasteiger partial charge is 0.261 e. The van der Waals surface area contributed by atoms with E-state index in [4.69, 9.17) is 19.9 Å². The monoisotopic (exact) mass is 356 g/mol. The van der Waals surface area contributed by atoms with E-state index in [1.54, 1.807) is 0 Å². The van der Waals surface area contributed by atoms with Crippen LogP contribution in [0.4, 0.5) is 0 Å². The van der Waals surface area contributed by atoms with E-state index in [-0.39, 0.29) is 10.8 Å². The molecule has 0 aliphatic heterocycles. The van der Waals surface area contributed by atoms with Crippen LogP contribution in [0, 0.1) is 0 Å². The van der Waals surface area contributed by atoms with Crippen LogP contribution in [0.5, 0.6) is 5.75 Å². The SMILES string of the molecule is COc1ccc(S(=O)(=O)Cl)cc1-c1noc(C2CCCCC2)n1. The number of benzene rings is 1. The molecule has 0 spiro atoms. The van der Waals surface area contributed by atoms with Crippen LogP contribution >= 0.6 is 10.7 Å². The summed E-state index contributed by atoms with van der Waals surface area (Å²) in [7, 11) is 3.06. The summed E-state index contributed by atoms with van der Waals surface area (Å²) >= 11 is 0. The molecule has 1 heterocycles. The molecule has 0 amide bonds. The van der Waals surface area contributed by atoms with E-state index in [0.29, 0.717) is 23.0 Å². The molecule has 3 rings (SSSR count). The summed E-state index contributed by atoms with van der Waals surface area (Å²) in [6.45, 7) is 0. The summed E-state index contributed by atoms with van der Waals surface area (Å²) in [5.74, 6) is 1.64. The number of ether oxygens (including phenoxy) is 1. The van der Waals surface area contributed by atoms with E-state index in [9.17, 15) is 8.42 Å². The Balaban J connectivity index is 1.99. The predicted octanol–water partition coefficient (Wildman–Crippen LogP) is 3.72. The van der Waals surface area contributed by atoms with E-state index >= 15 is 0 Å². The minimum absolute atomic E-state index is 0.0287. The van der Waals surface area contributed by atoms with Crippen LogP contribution in [-0.2, 0) is 9.05 Å². The van der Waals surface area contributed by atoms with Gasteiger partial charge in [-0.25, -0.2) is 8.42 Å². The summed E-state index contributed by atoms with van der Waals surface area (Å²) in [5.41, 5.74) is 0.444. The van der Waals surface area contributed by atoms with E-state index < -0.39 is 9.05 Å². The fraction of sp³-hybridized carbons (Fsp3) is 0.467. The molecule has 1 aromatic heterocycles. The molecule has 1 saturated carbocycles. The quantitative estimate of drug-likeness (QED) is 0.776. The molecule has 0 saturated heterocycles. The maximum Gasteiger partial charge on any atom is 0.261 e. The molecule has 0 bridgehead atoms. The van der Waals surface area contributed by atoms with E-state index in [1.165, 1.54) is 31.7 Å². The Morgan fingerprint density at radius 3 is 2.65 bits per heavy atom. The zero-order valence-corrected chi connectivity index (χ0v) is 14.2. The second kappa shape index (κ2) is 6.49.